The van der Waals surface area contributed by atoms with Crippen molar-refractivity contribution in [3.05, 3.63) is 11.6 Å². The summed E-state index contributed by atoms with van der Waals surface area (Å²) in [6.07, 6.45) is 5.10. The fraction of sp³-hybridized carbons (Fsp3) is 0.722. The third kappa shape index (κ3) is 3.15. The number of alkyl halides is 1. The van der Waals surface area contributed by atoms with Gasteiger partial charge in [0.2, 0.25) is 5.28 Å². The second-order valence-electron chi connectivity index (χ2n) is 8.08. The molecule has 0 spiro atoms. The largest absolute Gasteiger partial charge is 0.365 e. The highest BCUT2D eigenvalue weighted by Gasteiger charge is 2.55. The van der Waals surface area contributed by atoms with Crippen LogP contribution in [0, 0.1) is 0 Å². The molecule has 2 aliphatic heterocycles. The van der Waals surface area contributed by atoms with Gasteiger partial charge in [0, 0.05) is 6.04 Å². The monoisotopic (exact) mass is 427 g/mol. The van der Waals surface area contributed by atoms with E-state index in [2.05, 4.69) is 20.3 Å². The van der Waals surface area contributed by atoms with Gasteiger partial charge in [-0.25, -0.2) is 4.98 Å². The summed E-state index contributed by atoms with van der Waals surface area (Å²) < 4.78 is 20.1. The highest BCUT2D eigenvalue weighted by molar-refractivity contribution is 6.28. The predicted molar refractivity (Wildman–Crippen MR) is 105 cm³/mol. The number of imidazole rings is 1. The van der Waals surface area contributed by atoms with Gasteiger partial charge in [0.25, 0.3) is 0 Å². The molecule has 2 aromatic heterocycles. The van der Waals surface area contributed by atoms with Crippen molar-refractivity contribution in [1.82, 2.24) is 19.5 Å². The molecular formula is C18H23Cl2N5O3. The first-order chi connectivity index (χ1) is 13.4. The molecule has 152 valence electrons. The predicted octanol–water partition coefficient (Wildman–Crippen LogP) is 3.49. The summed E-state index contributed by atoms with van der Waals surface area (Å²) in [7, 11) is 0. The van der Waals surface area contributed by atoms with E-state index in [-0.39, 0.29) is 23.6 Å². The molecular weight excluding hydrogens is 405 g/mol. The summed E-state index contributed by atoms with van der Waals surface area (Å²) in [5.41, 5.74) is 1.27. The van der Waals surface area contributed by atoms with Gasteiger partial charge in [0.15, 0.2) is 29.0 Å². The summed E-state index contributed by atoms with van der Waals surface area (Å²) in [5.74, 6) is 0.279. The van der Waals surface area contributed by atoms with Gasteiger partial charge in [-0.1, -0.05) is 12.8 Å². The number of rotatable bonds is 4. The SMILES string of the molecule is CC1(C)O[C@@H]2[C@H](O1)[C@@H](CCl)O[C@H]2n1cnc2c(NC3CCCC3)nc(Cl)nc21. The highest BCUT2D eigenvalue weighted by atomic mass is 35.5. The number of halogens is 2. The van der Waals surface area contributed by atoms with E-state index in [0.717, 1.165) is 12.8 Å². The Kier molecular flexibility index (Phi) is 4.67. The second-order valence-corrected chi connectivity index (χ2v) is 8.72. The lowest BCUT2D eigenvalue weighted by Gasteiger charge is -2.24. The third-order valence-electron chi connectivity index (χ3n) is 5.64. The van der Waals surface area contributed by atoms with E-state index in [1.54, 1.807) is 6.33 Å². The highest BCUT2D eigenvalue weighted by Crippen LogP contribution is 2.44. The Hall–Kier alpha value is -1.19. The molecule has 3 fully saturated rings. The van der Waals surface area contributed by atoms with E-state index >= 15 is 0 Å². The Bertz CT molecular complexity index is 885. The fourth-order valence-electron chi connectivity index (χ4n) is 4.45. The van der Waals surface area contributed by atoms with E-state index in [9.17, 15) is 0 Å². The van der Waals surface area contributed by atoms with E-state index in [1.165, 1.54) is 12.8 Å². The molecule has 0 unspecified atom stereocenters. The number of fused-ring (bicyclic) bond motifs is 2. The molecule has 4 heterocycles. The first-order valence-corrected chi connectivity index (χ1v) is 10.6. The Labute approximate surface area is 172 Å². The van der Waals surface area contributed by atoms with Crippen molar-refractivity contribution in [2.45, 2.75) is 75.9 Å². The number of anilines is 1. The topological polar surface area (TPSA) is 83.3 Å². The molecule has 4 atom stereocenters. The number of aromatic nitrogens is 4. The van der Waals surface area contributed by atoms with Crippen molar-refractivity contribution in [1.29, 1.82) is 0 Å². The van der Waals surface area contributed by atoms with Crippen LogP contribution >= 0.6 is 23.2 Å². The first kappa shape index (κ1) is 18.8. The fourth-order valence-corrected chi connectivity index (χ4v) is 4.86. The Balaban J connectivity index is 1.52. The summed E-state index contributed by atoms with van der Waals surface area (Å²) in [6.45, 7) is 3.78. The minimum Gasteiger partial charge on any atom is -0.365 e. The van der Waals surface area contributed by atoms with Crippen molar-refractivity contribution in [3.63, 3.8) is 0 Å². The van der Waals surface area contributed by atoms with Crippen molar-refractivity contribution >= 4 is 40.2 Å². The smallest absolute Gasteiger partial charge is 0.226 e. The molecule has 1 aliphatic carbocycles. The maximum atomic E-state index is 6.24. The maximum Gasteiger partial charge on any atom is 0.226 e. The standard InChI is InChI=1S/C18H23Cl2N5O3/c1-18(2)27-12-10(7-19)26-16(13(12)28-18)25-8-21-11-14(22-9-5-3-4-6-9)23-17(20)24-15(11)25/h8-10,12-13,16H,3-7H2,1-2H3,(H,22,23,24)/t10-,12-,13-,16-/m1/s1. The molecule has 0 bridgehead atoms. The van der Waals surface area contributed by atoms with E-state index in [1.807, 2.05) is 18.4 Å². The zero-order valence-corrected chi connectivity index (χ0v) is 17.3. The molecule has 5 rings (SSSR count). The molecule has 2 saturated heterocycles. The molecule has 8 nitrogen and oxygen atoms in total. The van der Waals surface area contributed by atoms with Gasteiger partial charge in [-0.2, -0.15) is 9.97 Å². The molecule has 0 amide bonds. The average molecular weight is 428 g/mol. The lowest BCUT2D eigenvalue weighted by Crippen LogP contribution is -2.30. The Morgan fingerprint density at radius 2 is 1.96 bits per heavy atom. The van der Waals surface area contributed by atoms with E-state index in [4.69, 9.17) is 37.4 Å². The molecule has 28 heavy (non-hydrogen) atoms. The lowest BCUT2D eigenvalue weighted by atomic mass is 10.1. The van der Waals surface area contributed by atoms with Crippen LogP contribution in [0.2, 0.25) is 5.28 Å². The van der Waals surface area contributed by atoms with Crippen LogP contribution in [0.1, 0.15) is 45.8 Å². The molecule has 1 saturated carbocycles. The van der Waals surface area contributed by atoms with E-state index in [0.29, 0.717) is 28.9 Å². The van der Waals surface area contributed by atoms with Crippen molar-refractivity contribution < 1.29 is 14.2 Å². The summed E-state index contributed by atoms with van der Waals surface area (Å²) in [5, 5.41) is 3.65. The quantitative estimate of drug-likeness (QED) is 0.590. The molecule has 0 aromatic carbocycles. The van der Waals surface area contributed by atoms with Crippen LogP contribution in [-0.2, 0) is 14.2 Å². The number of nitrogens with one attached hydrogen (secondary N) is 1. The maximum absolute atomic E-state index is 6.24. The van der Waals surface area contributed by atoms with Crippen LogP contribution in [0.15, 0.2) is 6.33 Å². The van der Waals surface area contributed by atoms with Crippen molar-refractivity contribution in [2.24, 2.45) is 0 Å². The van der Waals surface area contributed by atoms with Crippen molar-refractivity contribution in [3.8, 4) is 0 Å². The lowest BCUT2D eigenvalue weighted by molar-refractivity contribution is -0.193. The third-order valence-corrected chi connectivity index (χ3v) is 6.11. The van der Waals surface area contributed by atoms with Crippen LogP contribution in [0.25, 0.3) is 11.2 Å². The number of hydrogen-bond acceptors (Lipinski definition) is 7. The zero-order chi connectivity index (χ0) is 19.5. The normalized spacial score (nSPS) is 32.3. The average Bonchev–Trinajstić information content (AvgIpc) is 3.38. The van der Waals surface area contributed by atoms with Crippen LogP contribution in [0.3, 0.4) is 0 Å². The molecule has 2 aromatic rings. The van der Waals surface area contributed by atoms with E-state index < -0.39 is 12.0 Å². The number of hydrogen-bond donors (Lipinski definition) is 1. The van der Waals surface area contributed by atoms with Crippen molar-refractivity contribution in [2.75, 3.05) is 11.2 Å². The molecule has 3 aliphatic rings. The number of ether oxygens (including phenoxy) is 3. The zero-order valence-electron chi connectivity index (χ0n) is 15.8. The summed E-state index contributed by atoms with van der Waals surface area (Å²) >= 11 is 12.4. The molecule has 1 N–H and O–H groups in total. The van der Waals surface area contributed by atoms with Crippen LogP contribution in [0.5, 0.6) is 0 Å². The molecule has 10 heteroatoms. The van der Waals surface area contributed by atoms with Gasteiger partial charge in [-0.3, -0.25) is 4.57 Å². The van der Waals surface area contributed by atoms with Gasteiger partial charge < -0.3 is 19.5 Å². The number of nitrogens with zero attached hydrogens (tertiary/aromatic N) is 4. The first-order valence-electron chi connectivity index (χ1n) is 9.69. The molecule has 0 radical (unpaired) electrons. The van der Waals surface area contributed by atoms with Gasteiger partial charge in [-0.15, -0.1) is 11.6 Å². The van der Waals surface area contributed by atoms with Gasteiger partial charge in [-0.05, 0) is 38.3 Å². The minimum absolute atomic E-state index is 0.169. The Morgan fingerprint density at radius 1 is 1.21 bits per heavy atom. The second kappa shape index (κ2) is 6.95. The van der Waals surface area contributed by atoms with Crippen LogP contribution in [0.4, 0.5) is 5.82 Å². The summed E-state index contributed by atoms with van der Waals surface area (Å²) in [4.78, 5) is 13.4. The van der Waals surface area contributed by atoms with Crippen LogP contribution in [-0.4, -0.2) is 55.5 Å². The minimum atomic E-state index is -0.695. The van der Waals surface area contributed by atoms with Crippen LogP contribution < -0.4 is 5.32 Å². The van der Waals surface area contributed by atoms with Gasteiger partial charge in [0.1, 0.15) is 18.3 Å². The van der Waals surface area contributed by atoms with Gasteiger partial charge in [0.05, 0.1) is 12.2 Å². The summed E-state index contributed by atoms with van der Waals surface area (Å²) in [6, 6.07) is 0.388. The Morgan fingerprint density at radius 3 is 2.71 bits per heavy atom. The van der Waals surface area contributed by atoms with Gasteiger partial charge >= 0.3 is 0 Å².